The number of rotatable bonds is 7. The second kappa shape index (κ2) is 9.04. The molecule has 2 aromatic carbocycles. The molecule has 2 N–H and O–H groups in total. The number of nitrogens with zero attached hydrogens (tertiary/aromatic N) is 2. The molecule has 5 nitrogen and oxygen atoms in total. The zero-order valence-electron chi connectivity index (χ0n) is 16.1. The number of aromatic amines is 1. The van der Waals surface area contributed by atoms with Crippen LogP contribution in [0.3, 0.4) is 0 Å². The maximum atomic E-state index is 13.5. The molecule has 6 heteroatoms. The molecule has 148 valence electrons. The Morgan fingerprint density at radius 3 is 2.60 bits per heavy atom. The Balaban J connectivity index is 1.56. The molecule has 0 saturated heterocycles. The Morgan fingerprint density at radius 2 is 1.87 bits per heavy atom. The molecule has 2 aromatic heterocycles. The molecule has 0 saturated carbocycles. The first-order valence-corrected chi connectivity index (χ1v) is 10.4. The first-order chi connectivity index (χ1) is 14.7. The van der Waals surface area contributed by atoms with Crippen LogP contribution in [0.15, 0.2) is 77.5 Å². The lowest BCUT2D eigenvalue weighted by molar-refractivity contribution is 0.0945. The molecule has 2 heterocycles. The van der Waals surface area contributed by atoms with Crippen LogP contribution in [0, 0.1) is 11.3 Å². The lowest BCUT2D eigenvalue weighted by Gasteiger charge is -2.18. The van der Waals surface area contributed by atoms with Gasteiger partial charge in [-0.2, -0.15) is 5.26 Å². The molecule has 0 aliphatic rings. The lowest BCUT2D eigenvalue weighted by Crippen LogP contribution is -2.30. The maximum absolute atomic E-state index is 13.5. The van der Waals surface area contributed by atoms with Crippen molar-refractivity contribution >= 4 is 32.7 Å². The molecule has 0 bridgehead atoms. The number of pyridine rings is 1. The van der Waals surface area contributed by atoms with Gasteiger partial charge in [0.25, 0.3) is 0 Å². The molecule has 0 radical (unpaired) electrons. The number of nitriles is 1. The van der Waals surface area contributed by atoms with E-state index in [1.54, 1.807) is 6.20 Å². The molecule has 0 aliphatic heterocycles. The van der Waals surface area contributed by atoms with E-state index in [1.807, 2.05) is 66.7 Å². The lowest BCUT2D eigenvalue weighted by atomic mass is 9.97. The zero-order chi connectivity index (χ0) is 20.9. The highest BCUT2D eigenvalue weighted by Crippen LogP contribution is 2.25. The van der Waals surface area contributed by atoms with Crippen LogP contribution in [-0.4, -0.2) is 22.3 Å². The monoisotopic (exact) mass is 458 g/mol. The molecule has 1 unspecified atom stereocenters. The summed E-state index contributed by atoms with van der Waals surface area (Å²) in [7, 11) is 0. The van der Waals surface area contributed by atoms with Crippen LogP contribution in [0.25, 0.3) is 11.0 Å². The van der Waals surface area contributed by atoms with E-state index in [-0.39, 0.29) is 5.78 Å². The van der Waals surface area contributed by atoms with Crippen molar-refractivity contribution in [2.45, 2.75) is 12.5 Å². The van der Waals surface area contributed by atoms with Crippen molar-refractivity contribution in [1.29, 1.82) is 5.26 Å². The highest BCUT2D eigenvalue weighted by atomic mass is 79.9. The summed E-state index contributed by atoms with van der Waals surface area (Å²) in [4.78, 5) is 21.0. The summed E-state index contributed by atoms with van der Waals surface area (Å²) in [6, 6.07) is 22.6. The van der Waals surface area contributed by atoms with Crippen molar-refractivity contribution in [3.8, 4) is 6.07 Å². The second-order valence-corrected chi connectivity index (χ2v) is 7.77. The minimum atomic E-state index is -0.466. The summed E-state index contributed by atoms with van der Waals surface area (Å²) < 4.78 is 0.719. The van der Waals surface area contributed by atoms with Gasteiger partial charge in [-0.25, -0.2) is 4.98 Å². The van der Waals surface area contributed by atoms with Crippen LogP contribution < -0.4 is 5.32 Å². The Labute approximate surface area is 182 Å². The van der Waals surface area contributed by atoms with E-state index in [4.69, 9.17) is 5.26 Å². The van der Waals surface area contributed by atoms with Crippen LogP contribution in [0.5, 0.6) is 0 Å². The smallest absolute Gasteiger partial charge is 0.186 e. The van der Waals surface area contributed by atoms with Gasteiger partial charge in [-0.05, 0) is 57.7 Å². The van der Waals surface area contributed by atoms with Gasteiger partial charge in [-0.1, -0.05) is 42.5 Å². The standard InChI is InChI=1S/C24H19BrN4O/c25-21-11-10-19-20(15-28-24(19)29-21)23(30)22(18-4-2-1-3-5-18)27-13-12-16-6-8-17(14-26)9-7-16/h1-11,15,22,27H,12-13H2,(H,28,29). The maximum Gasteiger partial charge on any atom is 0.186 e. The first-order valence-electron chi connectivity index (χ1n) is 9.61. The van der Waals surface area contributed by atoms with Crippen molar-refractivity contribution < 1.29 is 4.79 Å². The second-order valence-electron chi connectivity index (χ2n) is 6.95. The van der Waals surface area contributed by atoms with Crippen LogP contribution in [-0.2, 0) is 6.42 Å². The van der Waals surface area contributed by atoms with Gasteiger partial charge in [0.05, 0.1) is 17.7 Å². The number of aromatic nitrogens is 2. The molecule has 0 aliphatic carbocycles. The van der Waals surface area contributed by atoms with Crippen molar-refractivity contribution in [3.63, 3.8) is 0 Å². The van der Waals surface area contributed by atoms with E-state index in [0.29, 0.717) is 23.3 Å². The van der Waals surface area contributed by atoms with E-state index in [1.165, 1.54) is 0 Å². The number of benzene rings is 2. The number of hydrogen-bond donors (Lipinski definition) is 2. The topological polar surface area (TPSA) is 81.6 Å². The van der Waals surface area contributed by atoms with Crippen molar-refractivity contribution in [1.82, 2.24) is 15.3 Å². The van der Waals surface area contributed by atoms with Gasteiger partial charge >= 0.3 is 0 Å². The average Bonchev–Trinajstić information content (AvgIpc) is 3.20. The molecule has 4 rings (SSSR count). The number of halogens is 1. The van der Waals surface area contributed by atoms with Gasteiger partial charge in [-0.3, -0.25) is 4.79 Å². The molecule has 30 heavy (non-hydrogen) atoms. The predicted octanol–water partition coefficient (Wildman–Crippen LogP) is 4.95. The number of carbonyl (C=O) groups excluding carboxylic acids is 1. The van der Waals surface area contributed by atoms with Gasteiger partial charge < -0.3 is 10.3 Å². The number of carbonyl (C=O) groups is 1. The van der Waals surface area contributed by atoms with Crippen LogP contribution in [0.2, 0.25) is 0 Å². The number of Topliss-reactive ketones (excluding diaryl/α,β-unsaturated/α-hetero) is 1. The third kappa shape index (κ3) is 4.33. The summed E-state index contributed by atoms with van der Waals surface area (Å²) in [5, 5.41) is 13.2. The van der Waals surface area contributed by atoms with E-state index in [2.05, 4.69) is 37.3 Å². The first kappa shape index (κ1) is 20.0. The van der Waals surface area contributed by atoms with Crippen LogP contribution in [0.1, 0.15) is 33.1 Å². The quantitative estimate of drug-likeness (QED) is 0.303. The Kier molecular flexibility index (Phi) is 6.03. The normalized spacial score (nSPS) is 11.9. The SMILES string of the molecule is N#Cc1ccc(CCNC(C(=O)c2c[nH]c3nc(Br)ccc23)c2ccccc2)cc1. The highest BCUT2D eigenvalue weighted by Gasteiger charge is 2.24. The van der Waals surface area contributed by atoms with Crippen LogP contribution >= 0.6 is 15.9 Å². The van der Waals surface area contributed by atoms with E-state index >= 15 is 0 Å². The fourth-order valence-electron chi connectivity index (χ4n) is 3.45. The van der Waals surface area contributed by atoms with Gasteiger partial charge in [-0.15, -0.1) is 0 Å². The van der Waals surface area contributed by atoms with E-state index < -0.39 is 6.04 Å². The summed E-state index contributed by atoms with van der Waals surface area (Å²) >= 11 is 3.36. The van der Waals surface area contributed by atoms with E-state index in [9.17, 15) is 4.79 Å². The van der Waals surface area contributed by atoms with E-state index in [0.717, 1.165) is 27.5 Å². The minimum Gasteiger partial charge on any atom is -0.345 e. The molecular weight excluding hydrogens is 440 g/mol. The summed E-state index contributed by atoms with van der Waals surface area (Å²) in [5.41, 5.74) is 3.97. The molecule has 4 aromatic rings. The molecule has 0 spiro atoms. The van der Waals surface area contributed by atoms with Crippen molar-refractivity contribution in [2.75, 3.05) is 6.54 Å². The molecule has 0 amide bonds. The number of nitrogens with one attached hydrogen (secondary N) is 2. The summed E-state index contributed by atoms with van der Waals surface area (Å²) in [5.74, 6) is -0.00333. The fourth-order valence-corrected chi connectivity index (χ4v) is 3.76. The van der Waals surface area contributed by atoms with Gasteiger partial charge in [0, 0.05) is 23.7 Å². The molecule has 1 atom stereocenters. The third-order valence-corrected chi connectivity index (χ3v) is 5.45. The third-order valence-electron chi connectivity index (χ3n) is 5.01. The average molecular weight is 459 g/mol. The predicted molar refractivity (Wildman–Crippen MR) is 120 cm³/mol. The molecule has 0 fully saturated rings. The number of hydrogen-bond acceptors (Lipinski definition) is 4. The fraction of sp³-hybridized carbons (Fsp3) is 0.125. The van der Waals surface area contributed by atoms with Gasteiger partial charge in [0.2, 0.25) is 0 Å². The summed E-state index contributed by atoms with van der Waals surface area (Å²) in [6.45, 7) is 0.628. The Hall–Kier alpha value is -3.27. The van der Waals surface area contributed by atoms with Crippen LogP contribution in [0.4, 0.5) is 0 Å². The van der Waals surface area contributed by atoms with Crippen molar-refractivity contribution in [2.24, 2.45) is 0 Å². The molecular formula is C24H19BrN4O. The van der Waals surface area contributed by atoms with Gasteiger partial charge in [0.1, 0.15) is 10.3 Å². The Morgan fingerprint density at radius 1 is 1.10 bits per heavy atom. The largest absolute Gasteiger partial charge is 0.345 e. The Bertz CT molecular complexity index is 1210. The summed E-state index contributed by atoms with van der Waals surface area (Å²) in [6.07, 6.45) is 2.48. The highest BCUT2D eigenvalue weighted by molar-refractivity contribution is 9.10. The number of fused-ring (bicyclic) bond motifs is 1. The number of H-pyrrole nitrogens is 1. The number of ketones is 1. The zero-order valence-corrected chi connectivity index (χ0v) is 17.7. The van der Waals surface area contributed by atoms with Crippen molar-refractivity contribution in [3.05, 3.63) is 99.8 Å². The minimum absolute atomic E-state index is 0.00333. The van der Waals surface area contributed by atoms with Gasteiger partial charge in [0.15, 0.2) is 5.78 Å².